The number of imidazole rings is 1. The molecule has 3 N–H and O–H groups in total. The minimum atomic E-state index is -0.686. The predicted molar refractivity (Wildman–Crippen MR) is 99.7 cm³/mol. The highest BCUT2D eigenvalue weighted by molar-refractivity contribution is 6.13. The Balaban J connectivity index is 1.73. The lowest BCUT2D eigenvalue weighted by Gasteiger charge is -2.08. The van der Waals surface area contributed by atoms with E-state index in [9.17, 15) is 4.79 Å². The number of primary amides is 1. The van der Waals surface area contributed by atoms with Crippen LogP contribution in [0.3, 0.4) is 0 Å². The van der Waals surface area contributed by atoms with E-state index >= 15 is 0 Å². The molecule has 2 heterocycles. The Hall–Kier alpha value is -3.74. The van der Waals surface area contributed by atoms with E-state index in [0.29, 0.717) is 12.1 Å². The average molecular weight is 344 g/mol. The first-order valence-electron chi connectivity index (χ1n) is 8.09. The van der Waals surface area contributed by atoms with Gasteiger partial charge in [0.05, 0.1) is 16.4 Å². The number of hydrazone groups is 1. The van der Waals surface area contributed by atoms with E-state index in [1.54, 1.807) is 12.5 Å². The number of urea groups is 1. The van der Waals surface area contributed by atoms with E-state index in [2.05, 4.69) is 32.6 Å². The lowest BCUT2D eigenvalue weighted by molar-refractivity contribution is 0.249. The van der Waals surface area contributed by atoms with Crippen molar-refractivity contribution in [2.75, 3.05) is 0 Å². The molecule has 7 nitrogen and oxygen atoms in total. The molecule has 0 aliphatic heterocycles. The second-order valence-corrected chi connectivity index (χ2v) is 5.81. The molecule has 1 aliphatic carbocycles. The van der Waals surface area contributed by atoms with Gasteiger partial charge in [0.2, 0.25) is 0 Å². The van der Waals surface area contributed by atoms with Crippen LogP contribution in [0, 0.1) is 0 Å². The zero-order valence-electron chi connectivity index (χ0n) is 13.8. The lowest BCUT2D eigenvalue weighted by atomic mass is 10.1. The molecular weight excluding hydrogens is 328 g/mol. The number of benzene rings is 1. The van der Waals surface area contributed by atoms with Crippen LogP contribution in [0.15, 0.2) is 60.2 Å². The predicted octanol–water partition coefficient (Wildman–Crippen LogP) is 0.923. The summed E-state index contributed by atoms with van der Waals surface area (Å²) in [4.78, 5) is 19.4. The number of amides is 2. The number of nitrogens with two attached hydrogens (primary N) is 1. The molecule has 1 aliphatic rings. The van der Waals surface area contributed by atoms with Crippen LogP contribution in [0.2, 0.25) is 0 Å². The topological polar surface area (TPSA) is 98.2 Å². The van der Waals surface area contributed by atoms with Crippen LogP contribution in [0.25, 0.3) is 29.0 Å². The summed E-state index contributed by atoms with van der Waals surface area (Å²) in [5.41, 5.74) is 11.1. The molecule has 0 bridgehead atoms. The first-order valence-corrected chi connectivity index (χ1v) is 8.09. The number of hydrogen-bond acceptors (Lipinski definition) is 4. The molecule has 128 valence electrons. The van der Waals surface area contributed by atoms with Crippen LogP contribution in [0.5, 0.6) is 0 Å². The van der Waals surface area contributed by atoms with Crippen molar-refractivity contribution in [1.82, 2.24) is 20.0 Å². The van der Waals surface area contributed by atoms with Gasteiger partial charge in [0.25, 0.3) is 0 Å². The van der Waals surface area contributed by atoms with Crippen molar-refractivity contribution in [3.05, 3.63) is 65.8 Å². The highest BCUT2D eigenvalue weighted by Crippen LogP contribution is 2.20. The summed E-state index contributed by atoms with van der Waals surface area (Å²) in [6.45, 7) is 0. The molecular formula is C19H16N6O. The maximum absolute atomic E-state index is 10.8. The van der Waals surface area contributed by atoms with Crippen LogP contribution in [0.4, 0.5) is 4.79 Å². The van der Waals surface area contributed by atoms with Crippen molar-refractivity contribution in [2.45, 2.75) is 6.42 Å². The van der Waals surface area contributed by atoms with Gasteiger partial charge in [0.15, 0.2) is 0 Å². The normalized spacial score (nSPS) is 14.2. The van der Waals surface area contributed by atoms with Crippen LogP contribution < -0.4 is 21.9 Å². The molecule has 26 heavy (non-hydrogen) atoms. The van der Waals surface area contributed by atoms with Crippen molar-refractivity contribution >= 4 is 23.9 Å². The van der Waals surface area contributed by atoms with Gasteiger partial charge in [-0.2, -0.15) is 5.10 Å². The first kappa shape index (κ1) is 15.8. The third-order valence-corrected chi connectivity index (χ3v) is 4.07. The van der Waals surface area contributed by atoms with Gasteiger partial charge >= 0.3 is 6.03 Å². The quantitative estimate of drug-likeness (QED) is 0.691. The van der Waals surface area contributed by atoms with Crippen LogP contribution in [0.1, 0.15) is 6.42 Å². The minimum absolute atomic E-state index is 0.585. The zero-order valence-corrected chi connectivity index (χ0v) is 13.8. The second kappa shape index (κ2) is 6.64. The van der Waals surface area contributed by atoms with Crippen LogP contribution in [-0.2, 0) is 0 Å². The van der Waals surface area contributed by atoms with Gasteiger partial charge in [-0.15, -0.1) is 0 Å². The zero-order chi connectivity index (χ0) is 17.9. The number of rotatable bonds is 3. The molecule has 7 heteroatoms. The maximum Gasteiger partial charge on any atom is 0.332 e. The lowest BCUT2D eigenvalue weighted by Crippen LogP contribution is -2.34. The molecule has 0 radical (unpaired) electrons. The second-order valence-electron chi connectivity index (χ2n) is 5.81. The van der Waals surface area contributed by atoms with Crippen LogP contribution >= 0.6 is 0 Å². The minimum Gasteiger partial charge on any atom is -0.350 e. The van der Waals surface area contributed by atoms with Crippen molar-refractivity contribution in [1.29, 1.82) is 0 Å². The summed E-state index contributed by atoms with van der Waals surface area (Å²) in [5, 5.41) is 5.76. The Kier molecular flexibility index (Phi) is 4.03. The van der Waals surface area contributed by atoms with Gasteiger partial charge < -0.3 is 5.73 Å². The van der Waals surface area contributed by atoms with E-state index in [-0.39, 0.29) is 0 Å². The number of aromatic nitrogens is 3. The summed E-state index contributed by atoms with van der Waals surface area (Å²) in [6, 6.07) is 11.5. The largest absolute Gasteiger partial charge is 0.350 e. The Morgan fingerprint density at radius 1 is 1.23 bits per heavy atom. The number of carbonyl (C=O) groups excluding carboxylic acids is 1. The molecule has 0 saturated heterocycles. The molecule has 0 unspecified atom stereocenters. The summed E-state index contributed by atoms with van der Waals surface area (Å²) in [5.74, 6) is 0. The van der Waals surface area contributed by atoms with E-state index in [0.717, 1.165) is 27.5 Å². The third kappa shape index (κ3) is 3.10. The van der Waals surface area contributed by atoms with Crippen LogP contribution in [-0.4, -0.2) is 26.3 Å². The Morgan fingerprint density at radius 2 is 2.12 bits per heavy atom. The molecule has 1 aromatic carbocycles. The van der Waals surface area contributed by atoms with E-state index < -0.39 is 6.03 Å². The number of nitrogens with zero attached hydrogens (tertiary/aromatic N) is 4. The fourth-order valence-electron chi connectivity index (χ4n) is 2.88. The summed E-state index contributed by atoms with van der Waals surface area (Å²) < 4.78 is 2.03. The highest BCUT2D eigenvalue weighted by atomic mass is 16.2. The van der Waals surface area contributed by atoms with Gasteiger partial charge in [0.1, 0.15) is 6.33 Å². The number of carbonyl (C=O) groups is 1. The summed E-state index contributed by atoms with van der Waals surface area (Å²) >= 11 is 0. The highest BCUT2D eigenvalue weighted by Gasteiger charge is 2.08. The first-order chi connectivity index (χ1) is 12.7. The van der Waals surface area contributed by atoms with Crippen molar-refractivity contribution < 1.29 is 4.79 Å². The van der Waals surface area contributed by atoms with Crippen molar-refractivity contribution in [3.63, 3.8) is 0 Å². The molecule has 4 rings (SSSR count). The van der Waals surface area contributed by atoms with E-state index in [1.165, 1.54) is 0 Å². The van der Waals surface area contributed by atoms with Crippen molar-refractivity contribution in [3.8, 4) is 16.8 Å². The number of nitrogens with one attached hydrogen (secondary N) is 1. The Labute approximate surface area is 149 Å². The molecule has 2 amide bonds. The SMILES string of the molecule is NC(=O)NN=C1C=c2ncn(-c3cccc(-c4cccnc4)c3)c2=CC1. The smallest absolute Gasteiger partial charge is 0.332 e. The van der Waals surface area contributed by atoms with Gasteiger partial charge in [-0.05, 0) is 29.8 Å². The van der Waals surface area contributed by atoms with E-state index in [4.69, 9.17) is 5.73 Å². The molecule has 0 saturated carbocycles. The van der Waals surface area contributed by atoms with E-state index in [1.807, 2.05) is 47.2 Å². The van der Waals surface area contributed by atoms with Gasteiger partial charge in [-0.3, -0.25) is 9.55 Å². The standard InChI is InChI=1S/C19H16N6O/c20-19(26)24-23-15-6-7-18-17(10-15)22-12-25(18)16-5-1-3-13(9-16)14-4-2-8-21-11-14/h1-5,7-12H,6H2,(H3,20,24,26). The summed E-state index contributed by atoms with van der Waals surface area (Å²) in [7, 11) is 0. The van der Waals surface area contributed by atoms with Gasteiger partial charge in [0, 0.05) is 30.1 Å². The average Bonchev–Trinajstić information content (AvgIpc) is 3.10. The molecule has 2 aromatic heterocycles. The third-order valence-electron chi connectivity index (χ3n) is 4.07. The number of fused-ring (bicyclic) bond motifs is 1. The van der Waals surface area contributed by atoms with Crippen molar-refractivity contribution in [2.24, 2.45) is 10.8 Å². The fourth-order valence-corrected chi connectivity index (χ4v) is 2.88. The Morgan fingerprint density at radius 3 is 2.92 bits per heavy atom. The van der Waals surface area contributed by atoms with Gasteiger partial charge in [-0.1, -0.05) is 24.3 Å². The maximum atomic E-state index is 10.8. The Bertz CT molecular complexity index is 1110. The van der Waals surface area contributed by atoms with Gasteiger partial charge in [-0.25, -0.2) is 15.2 Å². The molecule has 3 aromatic rings. The molecule has 0 spiro atoms. The fraction of sp³-hybridized carbons (Fsp3) is 0.0526. The summed E-state index contributed by atoms with van der Waals surface area (Å²) in [6.07, 6.45) is 9.84. The molecule has 0 atom stereocenters. The number of hydrogen-bond donors (Lipinski definition) is 2. The number of pyridine rings is 1. The monoisotopic (exact) mass is 344 g/mol. The molecule has 0 fully saturated rings.